The van der Waals surface area contributed by atoms with Crippen LogP contribution in [0.5, 0.6) is 0 Å². The van der Waals surface area contributed by atoms with Gasteiger partial charge in [-0.3, -0.25) is 0 Å². The van der Waals surface area contributed by atoms with E-state index in [2.05, 4.69) is 13.8 Å². The van der Waals surface area contributed by atoms with Gasteiger partial charge in [-0.15, -0.1) is 0 Å². The second-order valence-electron chi connectivity index (χ2n) is 5.66. The quantitative estimate of drug-likeness (QED) is 0.536. The Hall–Kier alpha value is -0.0400. The van der Waals surface area contributed by atoms with Crippen LogP contribution in [-0.2, 0) is 0 Å². The fourth-order valence-electron chi connectivity index (χ4n) is 2.78. The lowest BCUT2D eigenvalue weighted by Crippen LogP contribution is -2.10. The largest absolute Gasteiger partial charge is 0.390 e. The van der Waals surface area contributed by atoms with E-state index in [1.807, 2.05) is 0 Å². The maximum atomic E-state index is 10.2. The molecule has 1 N–H and O–H groups in total. The van der Waals surface area contributed by atoms with Crippen molar-refractivity contribution < 1.29 is 5.11 Å². The minimum absolute atomic E-state index is 0.237. The van der Waals surface area contributed by atoms with E-state index in [9.17, 15) is 5.11 Å². The van der Waals surface area contributed by atoms with Gasteiger partial charge in [0.25, 0.3) is 0 Å². The van der Waals surface area contributed by atoms with Crippen molar-refractivity contribution in [1.82, 2.24) is 0 Å². The predicted octanol–water partition coefficient (Wildman–Crippen LogP) is 4.68. The minimum atomic E-state index is -0.237. The van der Waals surface area contributed by atoms with Gasteiger partial charge in [0.2, 0.25) is 0 Å². The highest BCUT2D eigenvalue weighted by molar-refractivity contribution is 5.02. The van der Waals surface area contributed by atoms with E-state index in [0.29, 0.717) is 5.92 Å². The van der Waals surface area contributed by atoms with Crippen molar-refractivity contribution in [3.05, 3.63) is 0 Å². The van der Waals surface area contributed by atoms with Crippen LogP contribution in [0.2, 0.25) is 0 Å². The Morgan fingerprint density at radius 3 is 2.19 bits per heavy atom. The van der Waals surface area contributed by atoms with E-state index in [0.717, 1.165) is 12.8 Å². The van der Waals surface area contributed by atoms with Crippen LogP contribution in [0.1, 0.15) is 84.5 Å². The topological polar surface area (TPSA) is 20.2 Å². The standard InChI is InChI=1S/C15H30O/c1-3-5-6-7-8-9-10-12-15(16)13-14(15)11-4-2/h14,16H,3-13H2,1-2H3. The van der Waals surface area contributed by atoms with Crippen LogP contribution in [0.4, 0.5) is 0 Å². The first kappa shape index (κ1) is 14.0. The lowest BCUT2D eigenvalue weighted by atomic mass is 10.0. The molecule has 0 aromatic rings. The van der Waals surface area contributed by atoms with E-state index >= 15 is 0 Å². The second-order valence-corrected chi connectivity index (χ2v) is 5.66. The van der Waals surface area contributed by atoms with Crippen molar-refractivity contribution >= 4 is 0 Å². The molecule has 1 heteroatoms. The van der Waals surface area contributed by atoms with Gasteiger partial charge in [0.05, 0.1) is 5.60 Å². The van der Waals surface area contributed by atoms with Crippen molar-refractivity contribution in [2.45, 2.75) is 90.1 Å². The van der Waals surface area contributed by atoms with E-state index in [-0.39, 0.29) is 5.60 Å². The molecular formula is C15H30O. The molecular weight excluding hydrogens is 196 g/mol. The summed E-state index contributed by atoms with van der Waals surface area (Å²) in [6.07, 6.45) is 14.0. The molecule has 96 valence electrons. The highest BCUT2D eigenvalue weighted by Crippen LogP contribution is 2.49. The maximum absolute atomic E-state index is 10.2. The number of unbranched alkanes of at least 4 members (excludes halogenated alkanes) is 6. The zero-order valence-electron chi connectivity index (χ0n) is 11.3. The summed E-state index contributed by atoms with van der Waals surface area (Å²) in [6, 6.07) is 0. The average Bonchev–Trinajstić information content (AvgIpc) is 2.89. The van der Waals surface area contributed by atoms with Gasteiger partial charge in [0, 0.05) is 0 Å². The predicted molar refractivity (Wildman–Crippen MR) is 70.6 cm³/mol. The molecule has 1 aliphatic rings. The van der Waals surface area contributed by atoms with Crippen LogP contribution in [0.15, 0.2) is 0 Å². The van der Waals surface area contributed by atoms with Crippen molar-refractivity contribution in [2.24, 2.45) is 5.92 Å². The third kappa shape index (κ3) is 4.86. The van der Waals surface area contributed by atoms with E-state index in [1.165, 1.54) is 57.8 Å². The van der Waals surface area contributed by atoms with Crippen LogP contribution in [-0.4, -0.2) is 10.7 Å². The van der Waals surface area contributed by atoms with Gasteiger partial charge in [-0.2, -0.15) is 0 Å². The molecule has 2 unspecified atom stereocenters. The molecule has 0 aromatic carbocycles. The first-order valence-corrected chi connectivity index (χ1v) is 7.45. The summed E-state index contributed by atoms with van der Waals surface area (Å²) in [5, 5.41) is 10.2. The highest BCUT2D eigenvalue weighted by Gasteiger charge is 2.50. The van der Waals surface area contributed by atoms with E-state index < -0.39 is 0 Å². The van der Waals surface area contributed by atoms with Gasteiger partial charge >= 0.3 is 0 Å². The van der Waals surface area contributed by atoms with Crippen LogP contribution in [0.3, 0.4) is 0 Å². The lowest BCUT2D eigenvalue weighted by Gasteiger charge is -2.09. The molecule has 0 aromatic heterocycles. The van der Waals surface area contributed by atoms with Gasteiger partial charge in [-0.25, -0.2) is 0 Å². The van der Waals surface area contributed by atoms with Crippen molar-refractivity contribution in [1.29, 1.82) is 0 Å². The molecule has 2 atom stereocenters. The van der Waals surface area contributed by atoms with Crippen LogP contribution in [0.25, 0.3) is 0 Å². The first-order chi connectivity index (χ1) is 7.73. The molecule has 0 amide bonds. The molecule has 0 bridgehead atoms. The second kappa shape index (κ2) is 7.32. The molecule has 0 radical (unpaired) electrons. The molecule has 1 rings (SSSR count). The summed E-state index contributed by atoms with van der Waals surface area (Å²) >= 11 is 0. The zero-order valence-corrected chi connectivity index (χ0v) is 11.3. The Morgan fingerprint density at radius 1 is 0.938 bits per heavy atom. The Bertz CT molecular complexity index is 178. The molecule has 0 spiro atoms. The monoisotopic (exact) mass is 226 g/mol. The summed E-state index contributed by atoms with van der Waals surface area (Å²) in [6.45, 7) is 4.48. The maximum Gasteiger partial charge on any atom is 0.0680 e. The Labute approximate surface area is 102 Å². The number of hydrogen-bond acceptors (Lipinski definition) is 1. The van der Waals surface area contributed by atoms with E-state index in [1.54, 1.807) is 0 Å². The Morgan fingerprint density at radius 2 is 1.56 bits per heavy atom. The number of aliphatic hydroxyl groups is 1. The summed E-state index contributed by atoms with van der Waals surface area (Å²) in [5.74, 6) is 0.637. The van der Waals surface area contributed by atoms with Gasteiger partial charge in [-0.1, -0.05) is 65.2 Å². The molecule has 1 aliphatic carbocycles. The molecule has 1 saturated carbocycles. The highest BCUT2D eigenvalue weighted by atomic mass is 16.3. The summed E-state index contributed by atoms with van der Waals surface area (Å²) in [7, 11) is 0. The molecule has 0 aliphatic heterocycles. The van der Waals surface area contributed by atoms with Crippen molar-refractivity contribution in [2.75, 3.05) is 0 Å². The zero-order chi connectivity index (χ0) is 11.9. The van der Waals surface area contributed by atoms with Crippen molar-refractivity contribution in [3.8, 4) is 0 Å². The third-order valence-corrected chi connectivity index (χ3v) is 4.05. The molecule has 1 nitrogen and oxygen atoms in total. The van der Waals surface area contributed by atoms with Crippen LogP contribution in [0, 0.1) is 5.92 Å². The minimum Gasteiger partial charge on any atom is -0.390 e. The van der Waals surface area contributed by atoms with E-state index in [4.69, 9.17) is 0 Å². The third-order valence-electron chi connectivity index (χ3n) is 4.05. The number of hydrogen-bond donors (Lipinski definition) is 1. The molecule has 1 fully saturated rings. The summed E-state index contributed by atoms with van der Waals surface area (Å²) in [4.78, 5) is 0. The van der Waals surface area contributed by atoms with Gasteiger partial charge in [0.1, 0.15) is 0 Å². The van der Waals surface area contributed by atoms with Gasteiger partial charge < -0.3 is 5.11 Å². The Balaban J connectivity index is 1.88. The smallest absolute Gasteiger partial charge is 0.0680 e. The number of rotatable bonds is 10. The van der Waals surface area contributed by atoms with Gasteiger partial charge in [0.15, 0.2) is 0 Å². The normalized spacial score (nSPS) is 28.3. The van der Waals surface area contributed by atoms with Crippen molar-refractivity contribution in [3.63, 3.8) is 0 Å². The van der Waals surface area contributed by atoms with Crippen LogP contribution < -0.4 is 0 Å². The van der Waals surface area contributed by atoms with Gasteiger partial charge in [-0.05, 0) is 25.2 Å². The molecule has 0 saturated heterocycles. The Kier molecular flexibility index (Phi) is 6.41. The fourth-order valence-corrected chi connectivity index (χ4v) is 2.78. The molecule has 16 heavy (non-hydrogen) atoms. The fraction of sp³-hybridized carbons (Fsp3) is 1.00. The average molecular weight is 226 g/mol. The molecule has 0 heterocycles. The van der Waals surface area contributed by atoms with Crippen LogP contribution >= 0.6 is 0 Å². The summed E-state index contributed by atoms with van der Waals surface area (Å²) in [5.41, 5.74) is -0.237. The first-order valence-electron chi connectivity index (χ1n) is 7.45. The lowest BCUT2D eigenvalue weighted by molar-refractivity contribution is 0.115. The summed E-state index contributed by atoms with van der Waals surface area (Å²) < 4.78 is 0. The SMILES string of the molecule is CCCCCCCCCC1(O)CC1CCC.